The number of para-hydroxylation sites is 1. The second-order valence-electron chi connectivity index (χ2n) is 5.99. The van der Waals surface area contributed by atoms with Gasteiger partial charge in [0, 0.05) is 11.6 Å². The van der Waals surface area contributed by atoms with Crippen molar-refractivity contribution in [3.05, 3.63) is 41.9 Å². The van der Waals surface area contributed by atoms with Crippen LogP contribution < -0.4 is 5.73 Å². The number of aromatic nitrogens is 3. The summed E-state index contributed by atoms with van der Waals surface area (Å²) in [7, 11) is 0. The molecule has 5 nitrogen and oxygen atoms in total. The second-order valence-corrected chi connectivity index (χ2v) is 5.99. The highest BCUT2D eigenvalue weighted by atomic mass is 35.5. The molecule has 1 aliphatic carbocycles. The molecule has 4 rings (SSSR count). The molecule has 9 heteroatoms. The van der Waals surface area contributed by atoms with Crippen LogP contribution in [-0.2, 0) is 11.7 Å². The number of benzene rings is 1. The Morgan fingerprint density at radius 1 is 1.16 bits per heavy atom. The molecule has 1 saturated carbocycles. The van der Waals surface area contributed by atoms with Gasteiger partial charge in [0.2, 0.25) is 0 Å². The Hall–Kier alpha value is -2.19. The van der Waals surface area contributed by atoms with E-state index in [0.29, 0.717) is 12.8 Å². The van der Waals surface area contributed by atoms with Crippen molar-refractivity contribution in [2.45, 2.75) is 31.0 Å². The maximum Gasteiger partial charge on any atom is 0.417 e. The smallest absolute Gasteiger partial charge is 0.334 e. The van der Waals surface area contributed by atoms with Gasteiger partial charge in [-0.1, -0.05) is 23.4 Å². The molecule has 0 saturated heterocycles. The Morgan fingerprint density at radius 2 is 1.88 bits per heavy atom. The van der Waals surface area contributed by atoms with Gasteiger partial charge in [0.1, 0.15) is 0 Å². The van der Waals surface area contributed by atoms with E-state index in [2.05, 4.69) is 15.1 Å². The highest BCUT2D eigenvalue weighted by Gasteiger charge is 2.41. The number of hydrogen-bond acceptors (Lipinski definition) is 5. The number of halogens is 4. The molecule has 0 aliphatic heterocycles. The van der Waals surface area contributed by atoms with Crippen LogP contribution in [0, 0.1) is 0 Å². The van der Waals surface area contributed by atoms with Crippen molar-refractivity contribution < 1.29 is 17.7 Å². The molecule has 1 aromatic carbocycles. The minimum atomic E-state index is -4.58. The Balaban J connectivity index is 0.00000182. The molecule has 132 valence electrons. The molecule has 1 fully saturated rings. The summed E-state index contributed by atoms with van der Waals surface area (Å²) in [5, 5.41) is 3.78. The Labute approximate surface area is 146 Å². The number of hydrogen-bond donors (Lipinski definition) is 1. The lowest BCUT2D eigenvalue weighted by Crippen LogP contribution is -2.44. The Morgan fingerprint density at radius 3 is 2.52 bits per heavy atom. The van der Waals surface area contributed by atoms with Crippen LogP contribution in [0.3, 0.4) is 0 Å². The van der Waals surface area contributed by atoms with Crippen LogP contribution in [0.4, 0.5) is 13.2 Å². The first-order chi connectivity index (χ1) is 11.4. The molecule has 0 unspecified atom stereocenters. The SMILES string of the molecule is Cl.NC1(c2noc(-c3cnc4ccccc4c3C(F)(F)F)n2)CCC1. The van der Waals surface area contributed by atoms with Gasteiger partial charge in [-0.05, 0) is 25.3 Å². The third-order valence-corrected chi connectivity index (χ3v) is 4.41. The van der Waals surface area contributed by atoms with Crippen molar-refractivity contribution in [2.75, 3.05) is 0 Å². The molecule has 1 aliphatic rings. The first kappa shape index (κ1) is 17.6. The highest BCUT2D eigenvalue weighted by molar-refractivity contribution is 5.87. The van der Waals surface area contributed by atoms with Gasteiger partial charge in [-0.2, -0.15) is 18.2 Å². The summed E-state index contributed by atoms with van der Waals surface area (Å²) in [5.41, 5.74) is 4.59. The largest absolute Gasteiger partial charge is 0.417 e. The van der Waals surface area contributed by atoms with E-state index in [1.54, 1.807) is 6.07 Å². The van der Waals surface area contributed by atoms with Gasteiger partial charge in [0.05, 0.1) is 22.2 Å². The topological polar surface area (TPSA) is 77.8 Å². The minimum Gasteiger partial charge on any atom is -0.334 e. The monoisotopic (exact) mass is 370 g/mol. The van der Waals surface area contributed by atoms with E-state index < -0.39 is 17.3 Å². The summed E-state index contributed by atoms with van der Waals surface area (Å²) in [4.78, 5) is 8.19. The summed E-state index contributed by atoms with van der Waals surface area (Å²) in [6.07, 6.45) is -1.15. The fourth-order valence-electron chi connectivity index (χ4n) is 2.93. The number of nitrogens with two attached hydrogens (primary N) is 1. The van der Waals surface area contributed by atoms with Crippen LogP contribution in [-0.4, -0.2) is 15.1 Å². The zero-order chi connectivity index (χ0) is 16.9. The van der Waals surface area contributed by atoms with Crippen molar-refractivity contribution >= 4 is 23.3 Å². The normalized spacial score (nSPS) is 16.3. The van der Waals surface area contributed by atoms with Crippen molar-refractivity contribution in [1.82, 2.24) is 15.1 Å². The van der Waals surface area contributed by atoms with Crippen LogP contribution in [0.15, 0.2) is 35.0 Å². The summed E-state index contributed by atoms with van der Waals surface area (Å²) < 4.78 is 46.0. The zero-order valence-electron chi connectivity index (χ0n) is 12.9. The standard InChI is InChI=1S/C16H13F3N4O.ClH/c17-16(18,19)12-9-4-1-2-5-11(9)21-8-10(12)13-22-14(23-24-13)15(20)6-3-7-15;/h1-2,4-5,8H,3,6-7,20H2;1H. The fraction of sp³-hybridized carbons (Fsp3) is 0.312. The molecule has 0 spiro atoms. The Kier molecular flexibility index (Phi) is 4.20. The van der Waals surface area contributed by atoms with E-state index in [0.717, 1.165) is 12.6 Å². The minimum absolute atomic E-state index is 0. The quantitative estimate of drug-likeness (QED) is 0.736. The average Bonchev–Trinajstić information content (AvgIpc) is 3.00. The lowest BCUT2D eigenvalue weighted by atomic mass is 9.77. The molecular formula is C16H14ClF3N4O. The highest BCUT2D eigenvalue weighted by Crippen LogP contribution is 2.42. The second kappa shape index (κ2) is 5.96. The molecule has 2 N–H and O–H groups in total. The van der Waals surface area contributed by atoms with Crippen LogP contribution in [0.25, 0.3) is 22.4 Å². The molecule has 0 atom stereocenters. The van der Waals surface area contributed by atoms with Crippen molar-refractivity contribution in [3.8, 4) is 11.5 Å². The van der Waals surface area contributed by atoms with Crippen molar-refractivity contribution in [1.29, 1.82) is 0 Å². The summed E-state index contributed by atoms with van der Waals surface area (Å²) >= 11 is 0. The number of rotatable bonds is 2. The predicted octanol–water partition coefficient (Wildman–Crippen LogP) is 4.06. The van der Waals surface area contributed by atoms with Crippen LogP contribution >= 0.6 is 12.4 Å². The molecule has 3 aromatic rings. The van der Waals surface area contributed by atoms with Gasteiger partial charge in [-0.3, -0.25) is 4.98 Å². The fourth-order valence-corrected chi connectivity index (χ4v) is 2.93. The summed E-state index contributed by atoms with van der Waals surface area (Å²) in [6, 6.07) is 6.07. The lowest BCUT2D eigenvalue weighted by molar-refractivity contribution is -0.135. The molecule has 2 heterocycles. The number of pyridine rings is 1. The maximum atomic E-state index is 13.6. The average molecular weight is 371 g/mol. The summed E-state index contributed by atoms with van der Waals surface area (Å²) in [6.45, 7) is 0. The summed E-state index contributed by atoms with van der Waals surface area (Å²) in [5.74, 6) is 0.0253. The first-order valence-corrected chi connectivity index (χ1v) is 7.47. The van der Waals surface area contributed by atoms with E-state index in [1.807, 2.05) is 0 Å². The number of nitrogens with zero attached hydrogens (tertiary/aromatic N) is 3. The molecule has 0 amide bonds. The third kappa shape index (κ3) is 2.85. The lowest BCUT2D eigenvalue weighted by Gasteiger charge is -2.34. The number of fused-ring (bicyclic) bond motifs is 1. The van der Waals surface area contributed by atoms with E-state index >= 15 is 0 Å². The predicted molar refractivity (Wildman–Crippen MR) is 87.0 cm³/mol. The van der Waals surface area contributed by atoms with E-state index in [9.17, 15) is 13.2 Å². The van der Waals surface area contributed by atoms with E-state index in [1.165, 1.54) is 18.2 Å². The van der Waals surface area contributed by atoms with E-state index in [-0.39, 0.29) is 40.6 Å². The van der Waals surface area contributed by atoms with E-state index in [4.69, 9.17) is 10.3 Å². The molecule has 0 bridgehead atoms. The van der Waals surface area contributed by atoms with Gasteiger partial charge in [-0.25, -0.2) is 0 Å². The molecule has 25 heavy (non-hydrogen) atoms. The van der Waals surface area contributed by atoms with Crippen LogP contribution in [0.1, 0.15) is 30.7 Å². The van der Waals surface area contributed by atoms with Gasteiger partial charge in [-0.15, -0.1) is 12.4 Å². The van der Waals surface area contributed by atoms with Crippen molar-refractivity contribution in [2.24, 2.45) is 5.73 Å². The molecule has 2 aromatic heterocycles. The zero-order valence-corrected chi connectivity index (χ0v) is 13.7. The third-order valence-electron chi connectivity index (χ3n) is 4.41. The van der Waals surface area contributed by atoms with Crippen molar-refractivity contribution in [3.63, 3.8) is 0 Å². The van der Waals surface area contributed by atoms with Crippen LogP contribution in [0.5, 0.6) is 0 Å². The van der Waals surface area contributed by atoms with Gasteiger partial charge >= 0.3 is 6.18 Å². The van der Waals surface area contributed by atoms with Crippen LogP contribution in [0.2, 0.25) is 0 Å². The van der Waals surface area contributed by atoms with Gasteiger partial charge in [0.25, 0.3) is 5.89 Å². The molecule has 0 radical (unpaired) electrons. The molecular weight excluding hydrogens is 357 g/mol. The van der Waals surface area contributed by atoms with Gasteiger partial charge in [0.15, 0.2) is 5.82 Å². The maximum absolute atomic E-state index is 13.6. The van der Waals surface area contributed by atoms with Gasteiger partial charge < -0.3 is 10.3 Å². The number of alkyl halides is 3. The first-order valence-electron chi connectivity index (χ1n) is 7.47. The Bertz CT molecular complexity index is 921.